The number of aromatic nitrogens is 2. The van der Waals surface area contributed by atoms with Crippen molar-refractivity contribution in [1.82, 2.24) is 9.78 Å². The van der Waals surface area contributed by atoms with E-state index >= 15 is 0 Å². The number of hydrogen-bond acceptors (Lipinski definition) is 2. The number of nitrogens with one attached hydrogen (secondary N) is 1. The number of rotatable bonds is 2. The smallest absolute Gasteiger partial charge is 0.271 e. The zero-order chi connectivity index (χ0) is 14.1. The summed E-state index contributed by atoms with van der Waals surface area (Å²) in [5.74, 6) is 0. The average Bonchev–Trinajstić information content (AvgIpc) is 2.82. The zero-order valence-electron chi connectivity index (χ0n) is 11.6. The number of quaternary nitrogens is 1. The maximum Gasteiger partial charge on any atom is 0.271 e. The van der Waals surface area contributed by atoms with E-state index in [2.05, 4.69) is 26.8 Å². The molecule has 116 valence electrons. The van der Waals surface area contributed by atoms with E-state index in [1.54, 1.807) is 6.07 Å². The van der Waals surface area contributed by atoms with Crippen molar-refractivity contribution in [3.05, 3.63) is 69.4 Å². The van der Waals surface area contributed by atoms with Gasteiger partial charge in [0.15, 0.2) is 0 Å². The molecular weight excluding hydrogens is 350 g/mol. The summed E-state index contributed by atoms with van der Waals surface area (Å²) in [6, 6.07) is 16.9. The number of halogens is 1. The molecule has 0 saturated heterocycles. The van der Waals surface area contributed by atoms with Gasteiger partial charge in [0.05, 0.1) is 11.4 Å². The van der Waals surface area contributed by atoms with Crippen LogP contribution in [-0.4, -0.2) is 20.7 Å². The normalized spacial score (nSPS) is 9.73. The molecule has 0 unspecified atom stereocenters. The fraction of sp³-hybridized carbons (Fsp3) is 0. The van der Waals surface area contributed by atoms with Crippen molar-refractivity contribution in [3.63, 3.8) is 0 Å². The second-order valence-electron chi connectivity index (χ2n) is 4.49. The molecule has 6 nitrogen and oxygen atoms in total. The minimum Gasteiger partial charge on any atom is -0.870 e. The van der Waals surface area contributed by atoms with Crippen LogP contribution < -0.4 is 11.3 Å². The maximum absolute atomic E-state index is 12.1. The lowest BCUT2D eigenvalue weighted by molar-refractivity contribution is -0.254. The van der Waals surface area contributed by atoms with E-state index in [1.807, 2.05) is 48.5 Å². The third-order valence-electron chi connectivity index (χ3n) is 3.08. The summed E-state index contributed by atoms with van der Waals surface area (Å²) >= 11 is 3.45. The van der Waals surface area contributed by atoms with Crippen molar-refractivity contribution in [2.75, 3.05) is 0 Å². The van der Waals surface area contributed by atoms with Crippen LogP contribution in [0.5, 0.6) is 0 Å². The van der Waals surface area contributed by atoms with Crippen LogP contribution in [0.25, 0.3) is 16.9 Å². The fourth-order valence-electron chi connectivity index (χ4n) is 2.04. The molecule has 0 spiro atoms. The van der Waals surface area contributed by atoms with Gasteiger partial charge in [-0.1, -0.05) is 12.1 Å². The predicted molar refractivity (Wildman–Crippen MR) is 87.6 cm³/mol. The Morgan fingerprint density at radius 3 is 2.32 bits per heavy atom. The first kappa shape index (κ1) is 17.9. The lowest BCUT2D eigenvalue weighted by atomic mass is 10.1. The molecule has 0 aliphatic rings. The largest absolute Gasteiger partial charge is 0.870 e. The molecule has 7 heteroatoms. The van der Waals surface area contributed by atoms with Crippen molar-refractivity contribution in [2.24, 2.45) is 0 Å². The van der Waals surface area contributed by atoms with Gasteiger partial charge in [0.1, 0.15) is 5.69 Å². The Hall–Kier alpha value is -2.19. The minimum absolute atomic E-state index is 0. The number of hydrogen-bond donors (Lipinski definition) is 2. The fourth-order valence-corrected chi connectivity index (χ4v) is 2.50. The second kappa shape index (κ2) is 7.19. The van der Waals surface area contributed by atoms with Crippen LogP contribution in [0.2, 0.25) is 0 Å². The van der Waals surface area contributed by atoms with Crippen molar-refractivity contribution >= 4 is 21.6 Å². The lowest BCUT2D eigenvalue weighted by Gasteiger charge is -2.04. The Balaban J connectivity index is 0.00000121. The summed E-state index contributed by atoms with van der Waals surface area (Å²) in [5, 5.41) is 3.13. The molecule has 0 saturated carbocycles. The van der Waals surface area contributed by atoms with Gasteiger partial charge in [0, 0.05) is 16.1 Å². The van der Waals surface area contributed by atoms with E-state index in [0.29, 0.717) is 0 Å². The highest BCUT2D eigenvalue weighted by atomic mass is 79.9. The third kappa shape index (κ3) is 3.34. The van der Waals surface area contributed by atoms with Gasteiger partial charge < -0.3 is 16.7 Å². The number of benzene rings is 2. The second-order valence-corrected chi connectivity index (χ2v) is 5.35. The molecule has 3 aromatic rings. The Kier molecular flexibility index (Phi) is 5.84. The van der Waals surface area contributed by atoms with Crippen molar-refractivity contribution in [3.8, 4) is 16.9 Å². The standard InChI is InChI=1S/C15H12BrN3O.2H2O/c16-12-3-1-2-4-14(12)19-15(20)9-13(18-19)10-5-7-11(17)8-6-10;;/h1-9,18H,17H2;2*1H2. The van der Waals surface area contributed by atoms with Gasteiger partial charge in [-0.3, -0.25) is 9.89 Å². The van der Waals surface area contributed by atoms with Crippen LogP contribution >= 0.6 is 15.9 Å². The van der Waals surface area contributed by atoms with E-state index < -0.39 is 0 Å². The number of H-pyrrole nitrogens is 1. The van der Waals surface area contributed by atoms with E-state index in [-0.39, 0.29) is 16.5 Å². The van der Waals surface area contributed by atoms with Gasteiger partial charge in [-0.2, -0.15) is 0 Å². The SMILES string of the molecule is O.[NH3+]c1ccc(-c2cc(=O)n(-c3ccccc3Br)[nH]2)cc1.[OH-]. The number of nitrogens with zero attached hydrogens (tertiary/aromatic N) is 1. The Bertz CT molecular complexity index is 809. The van der Waals surface area contributed by atoms with E-state index in [4.69, 9.17) is 0 Å². The first-order valence-electron chi connectivity index (χ1n) is 6.14. The molecule has 0 bridgehead atoms. The van der Waals surface area contributed by atoms with Gasteiger partial charge in [-0.15, -0.1) is 0 Å². The van der Waals surface area contributed by atoms with Crippen LogP contribution in [0.1, 0.15) is 0 Å². The van der Waals surface area contributed by atoms with Gasteiger partial charge in [-0.25, -0.2) is 4.68 Å². The van der Waals surface area contributed by atoms with E-state index in [9.17, 15) is 4.79 Å². The highest BCUT2D eigenvalue weighted by molar-refractivity contribution is 9.10. The molecule has 0 aliphatic heterocycles. The molecule has 0 fully saturated rings. The molecule has 0 aliphatic carbocycles. The summed E-state index contributed by atoms with van der Waals surface area (Å²) < 4.78 is 2.39. The highest BCUT2D eigenvalue weighted by Gasteiger charge is 2.09. The Morgan fingerprint density at radius 1 is 1.05 bits per heavy atom. The van der Waals surface area contributed by atoms with E-state index in [1.165, 1.54) is 4.68 Å². The monoisotopic (exact) mass is 365 g/mol. The maximum atomic E-state index is 12.1. The number of aromatic amines is 1. The summed E-state index contributed by atoms with van der Waals surface area (Å²) in [7, 11) is 0. The van der Waals surface area contributed by atoms with Crippen molar-refractivity contribution in [1.29, 1.82) is 0 Å². The Labute approximate surface area is 134 Å². The molecule has 1 heterocycles. The molecule has 2 aromatic carbocycles. The number of para-hydroxylation sites is 1. The quantitative estimate of drug-likeness (QED) is 0.712. The van der Waals surface area contributed by atoms with Gasteiger partial charge in [0.25, 0.3) is 5.56 Å². The molecule has 1 aromatic heterocycles. The zero-order valence-corrected chi connectivity index (χ0v) is 13.2. The first-order valence-corrected chi connectivity index (χ1v) is 6.94. The molecular formula is C15H16BrN3O3. The summed E-state index contributed by atoms with van der Waals surface area (Å²) in [6.07, 6.45) is 0. The highest BCUT2D eigenvalue weighted by Crippen LogP contribution is 2.21. The van der Waals surface area contributed by atoms with Crippen molar-refractivity contribution < 1.29 is 16.7 Å². The summed E-state index contributed by atoms with van der Waals surface area (Å²) in [4.78, 5) is 12.1. The van der Waals surface area contributed by atoms with Crippen LogP contribution in [-0.2, 0) is 0 Å². The van der Waals surface area contributed by atoms with Gasteiger partial charge in [-0.05, 0) is 52.3 Å². The summed E-state index contributed by atoms with van der Waals surface area (Å²) in [6.45, 7) is 0. The molecule has 3 rings (SSSR count). The van der Waals surface area contributed by atoms with E-state index in [0.717, 1.165) is 27.1 Å². The van der Waals surface area contributed by atoms with Crippen LogP contribution in [0.15, 0.2) is 63.9 Å². The predicted octanol–water partition coefficient (Wildman–Crippen LogP) is 1.47. The molecule has 0 atom stereocenters. The summed E-state index contributed by atoms with van der Waals surface area (Å²) in [5.41, 5.74) is 7.24. The van der Waals surface area contributed by atoms with Crippen molar-refractivity contribution in [2.45, 2.75) is 0 Å². The van der Waals surface area contributed by atoms with Crippen LogP contribution in [0.4, 0.5) is 5.69 Å². The van der Waals surface area contributed by atoms with Crippen LogP contribution in [0, 0.1) is 0 Å². The minimum atomic E-state index is -0.0920. The molecule has 0 amide bonds. The molecule has 0 radical (unpaired) electrons. The lowest BCUT2D eigenvalue weighted by Crippen LogP contribution is -2.39. The van der Waals surface area contributed by atoms with Crippen LogP contribution in [0.3, 0.4) is 0 Å². The first-order chi connectivity index (χ1) is 9.65. The van der Waals surface area contributed by atoms with Gasteiger partial charge >= 0.3 is 0 Å². The Morgan fingerprint density at radius 2 is 1.68 bits per heavy atom. The average molecular weight is 366 g/mol. The molecule has 22 heavy (non-hydrogen) atoms. The third-order valence-corrected chi connectivity index (χ3v) is 3.75. The topological polar surface area (TPSA) is 127 Å². The molecule has 7 N–H and O–H groups in total. The van der Waals surface area contributed by atoms with Gasteiger partial charge in [0.2, 0.25) is 0 Å².